The molecule has 2 N–H and O–H groups in total. The molecule has 3 amide bonds. The van der Waals surface area contributed by atoms with Crippen molar-refractivity contribution in [3.8, 4) is 0 Å². The number of carbonyl (C=O) groups is 3. The van der Waals surface area contributed by atoms with Gasteiger partial charge in [-0.3, -0.25) is 14.4 Å². The van der Waals surface area contributed by atoms with Gasteiger partial charge in [0, 0.05) is 44.6 Å². The van der Waals surface area contributed by atoms with Crippen LogP contribution in [0.4, 0.5) is 0 Å². The molecule has 6 heteroatoms. The van der Waals surface area contributed by atoms with Crippen LogP contribution >= 0.6 is 0 Å². The van der Waals surface area contributed by atoms with Crippen LogP contribution < -0.4 is 5.73 Å². The highest BCUT2D eigenvalue weighted by molar-refractivity contribution is 5.94. The van der Waals surface area contributed by atoms with Crippen molar-refractivity contribution in [3.05, 3.63) is 71.3 Å². The molecule has 0 bridgehead atoms. The highest BCUT2D eigenvalue weighted by Gasteiger charge is 2.21. The average molecular weight is 379 g/mol. The van der Waals surface area contributed by atoms with E-state index in [1.807, 2.05) is 47.4 Å². The Morgan fingerprint density at radius 1 is 1.00 bits per heavy atom. The second-order valence-electron chi connectivity index (χ2n) is 7.04. The van der Waals surface area contributed by atoms with Gasteiger partial charge in [0.25, 0.3) is 5.91 Å². The first-order chi connectivity index (χ1) is 13.5. The number of hydrogen-bond donors (Lipinski definition) is 1. The maximum Gasteiger partial charge on any atom is 0.254 e. The predicted octanol–water partition coefficient (Wildman–Crippen LogP) is 2.33. The van der Waals surface area contributed by atoms with E-state index in [2.05, 4.69) is 0 Å². The van der Waals surface area contributed by atoms with Crippen LogP contribution in [0.3, 0.4) is 0 Å². The van der Waals surface area contributed by atoms with Crippen LogP contribution in [0, 0.1) is 0 Å². The highest BCUT2D eigenvalue weighted by Crippen LogP contribution is 2.16. The van der Waals surface area contributed by atoms with Crippen LogP contribution in [0.2, 0.25) is 0 Å². The lowest BCUT2D eigenvalue weighted by molar-refractivity contribution is -0.128. The van der Waals surface area contributed by atoms with Crippen molar-refractivity contribution in [2.75, 3.05) is 13.1 Å². The lowest BCUT2D eigenvalue weighted by atomic mass is 10.1. The second kappa shape index (κ2) is 9.17. The van der Waals surface area contributed by atoms with Crippen molar-refractivity contribution in [3.63, 3.8) is 0 Å². The maximum absolute atomic E-state index is 13.0. The first-order valence-corrected chi connectivity index (χ1v) is 9.51. The third-order valence-corrected chi connectivity index (χ3v) is 4.88. The van der Waals surface area contributed by atoms with Gasteiger partial charge in [-0.05, 0) is 29.7 Å². The van der Waals surface area contributed by atoms with Crippen LogP contribution in [0.5, 0.6) is 0 Å². The molecule has 1 aliphatic rings. The molecule has 1 heterocycles. The van der Waals surface area contributed by atoms with Gasteiger partial charge in [-0.25, -0.2) is 0 Å². The van der Waals surface area contributed by atoms with Crippen LogP contribution in [-0.2, 0) is 22.7 Å². The maximum atomic E-state index is 13.0. The predicted molar refractivity (Wildman–Crippen MR) is 106 cm³/mol. The zero-order chi connectivity index (χ0) is 19.9. The number of nitrogens with zero attached hydrogens (tertiary/aromatic N) is 2. The van der Waals surface area contributed by atoms with E-state index in [1.165, 1.54) is 0 Å². The Kier molecular flexibility index (Phi) is 6.42. The third kappa shape index (κ3) is 5.19. The van der Waals surface area contributed by atoms with Gasteiger partial charge < -0.3 is 15.5 Å². The minimum absolute atomic E-state index is 0.119. The smallest absolute Gasteiger partial charge is 0.254 e. The Labute approximate surface area is 164 Å². The molecule has 0 unspecified atom stereocenters. The minimum Gasteiger partial charge on any atom is -0.370 e. The van der Waals surface area contributed by atoms with Crippen LogP contribution in [-0.4, -0.2) is 40.6 Å². The highest BCUT2D eigenvalue weighted by atomic mass is 16.2. The fraction of sp³-hybridized carbons (Fsp3) is 0.318. The summed E-state index contributed by atoms with van der Waals surface area (Å²) in [4.78, 5) is 39.4. The molecule has 1 aliphatic heterocycles. The van der Waals surface area contributed by atoms with Crippen molar-refractivity contribution in [2.45, 2.75) is 32.4 Å². The molecule has 1 fully saturated rings. The molecule has 0 spiro atoms. The van der Waals surface area contributed by atoms with Crippen molar-refractivity contribution < 1.29 is 14.4 Å². The number of benzene rings is 2. The van der Waals surface area contributed by atoms with Crippen LogP contribution in [0.15, 0.2) is 54.6 Å². The zero-order valence-electron chi connectivity index (χ0n) is 15.8. The van der Waals surface area contributed by atoms with Crippen molar-refractivity contribution >= 4 is 17.7 Å². The van der Waals surface area contributed by atoms with E-state index in [0.29, 0.717) is 25.1 Å². The van der Waals surface area contributed by atoms with Crippen molar-refractivity contribution in [2.24, 2.45) is 5.73 Å². The van der Waals surface area contributed by atoms with E-state index in [1.54, 1.807) is 17.0 Å². The van der Waals surface area contributed by atoms with E-state index < -0.39 is 5.91 Å². The second-order valence-corrected chi connectivity index (χ2v) is 7.04. The van der Waals surface area contributed by atoms with Gasteiger partial charge in [0.05, 0.1) is 0 Å². The molecule has 0 atom stereocenters. The van der Waals surface area contributed by atoms with Gasteiger partial charge in [0.2, 0.25) is 11.8 Å². The van der Waals surface area contributed by atoms with E-state index in [0.717, 1.165) is 24.1 Å². The number of hydrogen-bond acceptors (Lipinski definition) is 3. The number of amides is 3. The number of rotatable bonds is 8. The van der Waals surface area contributed by atoms with Gasteiger partial charge in [-0.15, -0.1) is 0 Å². The van der Waals surface area contributed by atoms with Gasteiger partial charge in [-0.2, -0.15) is 0 Å². The summed E-state index contributed by atoms with van der Waals surface area (Å²) >= 11 is 0. The lowest BCUT2D eigenvalue weighted by Gasteiger charge is -2.23. The Balaban J connectivity index is 1.70. The molecule has 2 aromatic rings. The summed E-state index contributed by atoms with van der Waals surface area (Å²) in [6.07, 6.45) is 1.64. The summed E-state index contributed by atoms with van der Waals surface area (Å²) in [6, 6.07) is 17.0. The fourth-order valence-corrected chi connectivity index (χ4v) is 3.33. The zero-order valence-corrected chi connectivity index (χ0v) is 15.8. The number of primary amides is 1. The molecule has 1 saturated heterocycles. The SMILES string of the molecule is NC(=O)CCN(Cc1ccccc1)C(=O)c1ccc(CN2CCCC2=O)cc1. The summed E-state index contributed by atoms with van der Waals surface area (Å²) in [7, 11) is 0. The molecule has 0 saturated carbocycles. The van der Waals surface area contributed by atoms with Crippen LogP contribution in [0.25, 0.3) is 0 Å². The molecule has 0 aliphatic carbocycles. The summed E-state index contributed by atoms with van der Waals surface area (Å²) in [6.45, 7) is 2.05. The van der Waals surface area contributed by atoms with Gasteiger partial charge in [0.15, 0.2) is 0 Å². The molecule has 6 nitrogen and oxygen atoms in total. The van der Waals surface area contributed by atoms with E-state index >= 15 is 0 Å². The summed E-state index contributed by atoms with van der Waals surface area (Å²) in [5.74, 6) is -0.397. The Hall–Kier alpha value is -3.15. The van der Waals surface area contributed by atoms with Crippen molar-refractivity contribution in [1.82, 2.24) is 9.80 Å². The summed E-state index contributed by atoms with van der Waals surface area (Å²) < 4.78 is 0. The first kappa shape index (κ1) is 19.6. The molecule has 0 aromatic heterocycles. The Morgan fingerprint density at radius 2 is 1.71 bits per heavy atom. The quantitative estimate of drug-likeness (QED) is 0.764. The topological polar surface area (TPSA) is 83.7 Å². The van der Waals surface area contributed by atoms with E-state index in [-0.39, 0.29) is 24.8 Å². The number of likely N-dealkylation sites (tertiary alicyclic amines) is 1. The average Bonchev–Trinajstić information content (AvgIpc) is 3.10. The Bertz CT molecular complexity index is 834. The fourth-order valence-electron chi connectivity index (χ4n) is 3.33. The molecule has 2 aromatic carbocycles. The monoisotopic (exact) mass is 379 g/mol. The largest absolute Gasteiger partial charge is 0.370 e. The third-order valence-electron chi connectivity index (χ3n) is 4.88. The van der Waals surface area contributed by atoms with Crippen molar-refractivity contribution in [1.29, 1.82) is 0 Å². The molecular formula is C22H25N3O3. The summed E-state index contributed by atoms with van der Waals surface area (Å²) in [5, 5.41) is 0. The van der Waals surface area contributed by atoms with Gasteiger partial charge >= 0.3 is 0 Å². The molecule has 28 heavy (non-hydrogen) atoms. The lowest BCUT2D eigenvalue weighted by Crippen LogP contribution is -2.33. The van der Waals surface area contributed by atoms with Crippen LogP contribution in [0.1, 0.15) is 40.7 Å². The minimum atomic E-state index is -0.434. The molecular weight excluding hydrogens is 354 g/mol. The molecule has 0 radical (unpaired) electrons. The first-order valence-electron chi connectivity index (χ1n) is 9.51. The standard InChI is InChI=1S/C22H25N3O3/c23-20(26)12-14-25(16-17-5-2-1-3-6-17)22(28)19-10-8-18(9-11-19)15-24-13-4-7-21(24)27/h1-3,5-6,8-11H,4,7,12-16H2,(H2,23,26). The molecule has 146 valence electrons. The number of nitrogens with two attached hydrogens (primary N) is 1. The van der Waals surface area contributed by atoms with E-state index in [9.17, 15) is 14.4 Å². The van der Waals surface area contributed by atoms with E-state index in [4.69, 9.17) is 5.73 Å². The Morgan fingerprint density at radius 3 is 2.32 bits per heavy atom. The number of carbonyl (C=O) groups excluding carboxylic acids is 3. The molecule has 3 rings (SSSR count). The summed E-state index contributed by atoms with van der Waals surface area (Å²) in [5.41, 5.74) is 7.81. The normalized spacial score (nSPS) is 13.6. The van der Waals surface area contributed by atoms with Gasteiger partial charge in [0.1, 0.15) is 0 Å². The van der Waals surface area contributed by atoms with Gasteiger partial charge in [-0.1, -0.05) is 42.5 Å².